The molecular formula is C15H17N5O. The summed E-state index contributed by atoms with van der Waals surface area (Å²) in [5.74, 6) is 1.29. The fourth-order valence-electron chi connectivity index (χ4n) is 2.62. The van der Waals surface area contributed by atoms with Crippen molar-refractivity contribution in [3.63, 3.8) is 0 Å². The molecule has 6 nitrogen and oxygen atoms in total. The van der Waals surface area contributed by atoms with Crippen molar-refractivity contribution < 1.29 is 4.79 Å². The molecule has 0 aromatic carbocycles. The Balaban J connectivity index is 1.81. The number of anilines is 2. The Kier molecular flexibility index (Phi) is 3.77. The fourth-order valence-corrected chi connectivity index (χ4v) is 2.62. The van der Waals surface area contributed by atoms with E-state index in [1.165, 1.54) is 0 Å². The summed E-state index contributed by atoms with van der Waals surface area (Å²) in [6.45, 7) is 2.40. The zero-order valence-corrected chi connectivity index (χ0v) is 11.9. The molecule has 0 bridgehead atoms. The summed E-state index contributed by atoms with van der Waals surface area (Å²) >= 11 is 0. The van der Waals surface area contributed by atoms with Crippen LogP contribution in [0.15, 0.2) is 36.7 Å². The minimum Gasteiger partial charge on any atom is -0.334 e. The van der Waals surface area contributed by atoms with E-state index in [0.717, 1.165) is 25.1 Å². The van der Waals surface area contributed by atoms with E-state index in [2.05, 4.69) is 20.3 Å². The van der Waals surface area contributed by atoms with E-state index in [1.54, 1.807) is 19.3 Å². The van der Waals surface area contributed by atoms with Crippen molar-refractivity contribution in [2.45, 2.75) is 25.8 Å². The number of rotatable bonds is 3. The maximum Gasteiger partial charge on any atom is 0.228 e. The lowest BCUT2D eigenvalue weighted by atomic mass is 10.1. The highest BCUT2D eigenvalue weighted by atomic mass is 16.2. The zero-order valence-electron chi connectivity index (χ0n) is 11.9. The van der Waals surface area contributed by atoms with E-state index in [4.69, 9.17) is 0 Å². The maximum absolute atomic E-state index is 11.7. The second-order valence-electron chi connectivity index (χ2n) is 5.02. The second-order valence-corrected chi connectivity index (χ2v) is 5.02. The molecule has 3 heterocycles. The third-order valence-corrected chi connectivity index (χ3v) is 3.58. The van der Waals surface area contributed by atoms with Crippen LogP contribution in [-0.2, 0) is 4.79 Å². The number of hydrogen-bond acceptors (Lipinski definition) is 5. The molecule has 108 valence electrons. The molecule has 1 aliphatic rings. The molecule has 0 radical (unpaired) electrons. The first kappa shape index (κ1) is 13.5. The van der Waals surface area contributed by atoms with Gasteiger partial charge in [0.15, 0.2) is 0 Å². The topological polar surface area (TPSA) is 71.0 Å². The Bertz CT molecular complexity index is 631. The molecule has 0 unspecified atom stereocenters. The Hall–Kier alpha value is -2.50. The van der Waals surface area contributed by atoms with Gasteiger partial charge in [0.25, 0.3) is 0 Å². The van der Waals surface area contributed by atoms with Gasteiger partial charge in [0.05, 0.1) is 11.7 Å². The van der Waals surface area contributed by atoms with Gasteiger partial charge in [0.2, 0.25) is 11.9 Å². The SMILES string of the molecule is CC(=O)N1CCC[C@@H]1c1ccnc(Nc2ccccn2)n1. The molecular weight excluding hydrogens is 266 g/mol. The summed E-state index contributed by atoms with van der Waals surface area (Å²) in [6.07, 6.45) is 5.38. The lowest BCUT2D eigenvalue weighted by Crippen LogP contribution is -2.28. The second kappa shape index (κ2) is 5.87. The summed E-state index contributed by atoms with van der Waals surface area (Å²) in [5, 5.41) is 3.08. The minimum atomic E-state index is 0.0507. The summed E-state index contributed by atoms with van der Waals surface area (Å²) < 4.78 is 0. The van der Waals surface area contributed by atoms with Crippen molar-refractivity contribution in [1.29, 1.82) is 0 Å². The van der Waals surface area contributed by atoms with Gasteiger partial charge >= 0.3 is 0 Å². The molecule has 1 N–H and O–H groups in total. The van der Waals surface area contributed by atoms with Crippen LogP contribution in [-0.4, -0.2) is 32.3 Å². The Labute approximate surface area is 123 Å². The molecule has 3 rings (SSSR count). The van der Waals surface area contributed by atoms with Crippen LogP contribution in [0.4, 0.5) is 11.8 Å². The standard InChI is InChI=1S/C15H17N5O/c1-11(21)20-10-4-5-13(20)12-7-9-17-15(18-12)19-14-6-2-3-8-16-14/h2-3,6-9,13H,4-5,10H2,1H3,(H,16,17,18,19)/t13-/m1/s1. The molecule has 21 heavy (non-hydrogen) atoms. The first-order valence-corrected chi connectivity index (χ1v) is 7.02. The number of nitrogens with one attached hydrogen (secondary N) is 1. The van der Waals surface area contributed by atoms with E-state index < -0.39 is 0 Å². The zero-order chi connectivity index (χ0) is 14.7. The molecule has 2 aromatic rings. The number of amides is 1. The third kappa shape index (κ3) is 2.99. The number of hydrogen-bond donors (Lipinski definition) is 1. The average Bonchev–Trinajstić information content (AvgIpc) is 2.98. The largest absolute Gasteiger partial charge is 0.334 e. The normalized spacial score (nSPS) is 17.8. The van der Waals surface area contributed by atoms with Gasteiger partial charge in [-0.1, -0.05) is 6.07 Å². The highest BCUT2D eigenvalue weighted by molar-refractivity contribution is 5.74. The average molecular weight is 283 g/mol. The van der Waals surface area contributed by atoms with Gasteiger partial charge in [-0.15, -0.1) is 0 Å². The van der Waals surface area contributed by atoms with Crippen molar-refractivity contribution >= 4 is 17.7 Å². The monoisotopic (exact) mass is 283 g/mol. The molecule has 1 atom stereocenters. The Morgan fingerprint density at radius 2 is 2.19 bits per heavy atom. The van der Waals surface area contributed by atoms with Gasteiger partial charge in [-0.05, 0) is 31.0 Å². The summed E-state index contributed by atoms with van der Waals surface area (Å²) in [5.41, 5.74) is 0.871. The van der Waals surface area contributed by atoms with E-state index in [1.807, 2.05) is 29.2 Å². The lowest BCUT2D eigenvalue weighted by molar-refractivity contribution is -0.129. The molecule has 0 aliphatic carbocycles. The van der Waals surface area contributed by atoms with Crippen LogP contribution in [0, 0.1) is 0 Å². The van der Waals surface area contributed by atoms with Crippen LogP contribution < -0.4 is 5.32 Å². The van der Waals surface area contributed by atoms with Crippen molar-refractivity contribution in [3.05, 3.63) is 42.4 Å². The summed E-state index contributed by atoms with van der Waals surface area (Å²) in [7, 11) is 0. The first-order valence-electron chi connectivity index (χ1n) is 7.02. The van der Waals surface area contributed by atoms with E-state index >= 15 is 0 Å². The summed E-state index contributed by atoms with van der Waals surface area (Å²) in [4.78, 5) is 26.5. The van der Waals surface area contributed by atoms with Gasteiger partial charge in [-0.3, -0.25) is 4.79 Å². The fraction of sp³-hybridized carbons (Fsp3) is 0.333. The minimum absolute atomic E-state index is 0.0507. The third-order valence-electron chi connectivity index (χ3n) is 3.58. The van der Waals surface area contributed by atoms with Crippen LogP contribution in [0.5, 0.6) is 0 Å². The van der Waals surface area contributed by atoms with Gasteiger partial charge in [0, 0.05) is 25.9 Å². The smallest absolute Gasteiger partial charge is 0.228 e. The predicted molar refractivity (Wildman–Crippen MR) is 78.9 cm³/mol. The first-order chi connectivity index (χ1) is 10.2. The molecule has 0 spiro atoms. The number of pyridine rings is 1. The van der Waals surface area contributed by atoms with Crippen molar-refractivity contribution in [3.8, 4) is 0 Å². The molecule has 1 aliphatic heterocycles. The molecule has 6 heteroatoms. The molecule has 1 fully saturated rings. The molecule has 0 saturated carbocycles. The van der Waals surface area contributed by atoms with Crippen LogP contribution in [0.2, 0.25) is 0 Å². The van der Waals surface area contributed by atoms with Gasteiger partial charge in [0.1, 0.15) is 5.82 Å². The Morgan fingerprint density at radius 1 is 1.29 bits per heavy atom. The van der Waals surface area contributed by atoms with Crippen LogP contribution >= 0.6 is 0 Å². The highest BCUT2D eigenvalue weighted by Crippen LogP contribution is 2.31. The Morgan fingerprint density at radius 3 is 2.95 bits per heavy atom. The lowest BCUT2D eigenvalue weighted by Gasteiger charge is -2.22. The number of carbonyl (C=O) groups is 1. The van der Waals surface area contributed by atoms with Gasteiger partial charge < -0.3 is 10.2 Å². The summed E-state index contributed by atoms with van der Waals surface area (Å²) in [6, 6.07) is 7.53. The number of aromatic nitrogens is 3. The number of likely N-dealkylation sites (tertiary alicyclic amines) is 1. The van der Waals surface area contributed by atoms with Crippen molar-refractivity contribution in [2.24, 2.45) is 0 Å². The molecule has 2 aromatic heterocycles. The molecule has 1 saturated heterocycles. The van der Waals surface area contributed by atoms with Crippen molar-refractivity contribution in [1.82, 2.24) is 19.9 Å². The predicted octanol–water partition coefficient (Wildman–Crippen LogP) is 2.30. The van der Waals surface area contributed by atoms with Crippen molar-refractivity contribution in [2.75, 3.05) is 11.9 Å². The van der Waals surface area contributed by atoms with Crippen LogP contribution in [0.25, 0.3) is 0 Å². The molecule has 1 amide bonds. The number of nitrogens with zero attached hydrogens (tertiary/aromatic N) is 4. The van der Waals surface area contributed by atoms with E-state index in [-0.39, 0.29) is 11.9 Å². The van der Waals surface area contributed by atoms with E-state index in [9.17, 15) is 4.79 Å². The maximum atomic E-state index is 11.7. The number of carbonyl (C=O) groups excluding carboxylic acids is 1. The van der Waals surface area contributed by atoms with Crippen LogP contribution in [0.3, 0.4) is 0 Å². The quantitative estimate of drug-likeness (QED) is 0.935. The van der Waals surface area contributed by atoms with E-state index in [0.29, 0.717) is 11.8 Å². The van der Waals surface area contributed by atoms with Crippen LogP contribution in [0.1, 0.15) is 31.5 Å². The van der Waals surface area contributed by atoms with Gasteiger partial charge in [-0.25, -0.2) is 15.0 Å². The highest BCUT2D eigenvalue weighted by Gasteiger charge is 2.29. The van der Waals surface area contributed by atoms with Gasteiger partial charge in [-0.2, -0.15) is 0 Å².